The third kappa shape index (κ3) is 3.16. The van der Waals surface area contributed by atoms with Gasteiger partial charge in [0.1, 0.15) is 0 Å². The highest BCUT2D eigenvalue weighted by molar-refractivity contribution is 5.50. The van der Waals surface area contributed by atoms with E-state index in [2.05, 4.69) is 10.6 Å². The van der Waals surface area contributed by atoms with Gasteiger partial charge in [-0.05, 0) is 38.4 Å². The lowest BCUT2D eigenvalue weighted by atomic mass is 10.1. The Bertz CT molecular complexity index is 431. The van der Waals surface area contributed by atoms with E-state index in [1.54, 1.807) is 0 Å². The molecule has 98 valence electrons. The summed E-state index contributed by atoms with van der Waals surface area (Å²) in [6.07, 6.45) is 2.95. The SMILES string of the molecule is O=[N+]([O-])c1ccc(NC2CCCNCC2)c(F)c1. The Labute approximate surface area is 105 Å². The lowest BCUT2D eigenvalue weighted by Gasteiger charge is -2.17. The van der Waals surface area contributed by atoms with E-state index in [0.717, 1.165) is 38.4 Å². The van der Waals surface area contributed by atoms with Gasteiger partial charge in [-0.2, -0.15) is 0 Å². The molecule has 0 spiro atoms. The highest BCUT2D eigenvalue weighted by Crippen LogP contribution is 2.22. The van der Waals surface area contributed by atoms with Crippen LogP contribution in [0.2, 0.25) is 0 Å². The van der Waals surface area contributed by atoms with Crippen molar-refractivity contribution in [2.45, 2.75) is 25.3 Å². The molecule has 0 radical (unpaired) electrons. The summed E-state index contributed by atoms with van der Waals surface area (Å²) in [6.45, 7) is 1.90. The first-order valence-electron chi connectivity index (χ1n) is 6.08. The number of nitrogens with zero attached hydrogens (tertiary/aromatic N) is 1. The van der Waals surface area contributed by atoms with Gasteiger partial charge in [-0.3, -0.25) is 10.1 Å². The van der Waals surface area contributed by atoms with Crippen molar-refractivity contribution < 1.29 is 9.31 Å². The monoisotopic (exact) mass is 253 g/mol. The highest BCUT2D eigenvalue weighted by Gasteiger charge is 2.15. The fraction of sp³-hybridized carbons (Fsp3) is 0.500. The Morgan fingerprint density at radius 1 is 1.39 bits per heavy atom. The molecule has 1 fully saturated rings. The van der Waals surface area contributed by atoms with Gasteiger partial charge >= 0.3 is 0 Å². The van der Waals surface area contributed by atoms with Gasteiger partial charge in [-0.1, -0.05) is 0 Å². The number of hydrogen-bond donors (Lipinski definition) is 2. The van der Waals surface area contributed by atoms with E-state index in [-0.39, 0.29) is 11.7 Å². The van der Waals surface area contributed by atoms with E-state index < -0.39 is 10.7 Å². The van der Waals surface area contributed by atoms with Crippen LogP contribution in [0.5, 0.6) is 0 Å². The Kier molecular flexibility index (Phi) is 4.09. The molecule has 18 heavy (non-hydrogen) atoms. The molecule has 1 aromatic carbocycles. The molecule has 6 heteroatoms. The van der Waals surface area contributed by atoms with Gasteiger partial charge in [-0.25, -0.2) is 4.39 Å². The minimum Gasteiger partial charge on any atom is -0.380 e. The van der Waals surface area contributed by atoms with Crippen LogP contribution in [0.3, 0.4) is 0 Å². The van der Waals surface area contributed by atoms with Gasteiger partial charge in [0.2, 0.25) is 0 Å². The number of anilines is 1. The van der Waals surface area contributed by atoms with Crippen molar-refractivity contribution >= 4 is 11.4 Å². The summed E-state index contributed by atoms with van der Waals surface area (Å²) in [5.74, 6) is -0.568. The quantitative estimate of drug-likeness (QED) is 0.640. The predicted octanol–water partition coefficient (Wildman–Crippen LogP) is 2.29. The van der Waals surface area contributed by atoms with E-state index >= 15 is 0 Å². The van der Waals surface area contributed by atoms with Crippen LogP contribution in [0.15, 0.2) is 18.2 Å². The largest absolute Gasteiger partial charge is 0.380 e. The summed E-state index contributed by atoms with van der Waals surface area (Å²) in [4.78, 5) is 9.92. The molecule has 0 saturated carbocycles. The summed E-state index contributed by atoms with van der Waals surface area (Å²) >= 11 is 0. The van der Waals surface area contributed by atoms with Crippen molar-refractivity contribution in [3.8, 4) is 0 Å². The molecule has 0 aliphatic carbocycles. The first-order chi connectivity index (χ1) is 8.66. The molecule has 1 aromatic rings. The molecular weight excluding hydrogens is 237 g/mol. The Hall–Kier alpha value is -1.69. The molecule has 2 rings (SSSR count). The molecule has 1 unspecified atom stereocenters. The Balaban J connectivity index is 2.06. The fourth-order valence-corrected chi connectivity index (χ4v) is 2.12. The second-order valence-corrected chi connectivity index (χ2v) is 4.44. The summed E-state index contributed by atoms with van der Waals surface area (Å²) in [5, 5.41) is 16.9. The second kappa shape index (κ2) is 5.77. The van der Waals surface area contributed by atoms with Crippen molar-refractivity contribution in [2.24, 2.45) is 0 Å². The maximum Gasteiger partial charge on any atom is 0.272 e. The second-order valence-electron chi connectivity index (χ2n) is 4.44. The molecule has 1 aliphatic rings. The van der Waals surface area contributed by atoms with Crippen LogP contribution in [0, 0.1) is 15.9 Å². The first kappa shape index (κ1) is 12.8. The number of hydrogen-bond acceptors (Lipinski definition) is 4. The zero-order valence-electron chi connectivity index (χ0n) is 9.99. The average molecular weight is 253 g/mol. The van der Waals surface area contributed by atoms with Gasteiger partial charge in [0.25, 0.3) is 5.69 Å². The maximum atomic E-state index is 13.7. The number of rotatable bonds is 3. The number of non-ortho nitro benzene ring substituents is 1. The van der Waals surface area contributed by atoms with E-state index in [9.17, 15) is 14.5 Å². The van der Waals surface area contributed by atoms with Crippen LogP contribution in [-0.4, -0.2) is 24.1 Å². The van der Waals surface area contributed by atoms with E-state index in [4.69, 9.17) is 0 Å². The number of benzene rings is 1. The van der Waals surface area contributed by atoms with E-state index in [1.165, 1.54) is 12.1 Å². The topological polar surface area (TPSA) is 67.2 Å². The zero-order chi connectivity index (χ0) is 13.0. The lowest BCUT2D eigenvalue weighted by Crippen LogP contribution is -2.22. The Morgan fingerprint density at radius 2 is 2.22 bits per heavy atom. The minimum atomic E-state index is -0.595. The smallest absolute Gasteiger partial charge is 0.272 e. The van der Waals surface area contributed by atoms with Crippen molar-refractivity contribution in [3.05, 3.63) is 34.1 Å². The first-order valence-corrected chi connectivity index (χ1v) is 6.08. The van der Waals surface area contributed by atoms with Gasteiger partial charge in [0, 0.05) is 12.1 Å². The van der Waals surface area contributed by atoms with Crippen LogP contribution >= 0.6 is 0 Å². The number of nitrogens with one attached hydrogen (secondary N) is 2. The summed E-state index contributed by atoms with van der Waals surface area (Å²) in [5.41, 5.74) is 0.119. The van der Waals surface area contributed by atoms with Crippen molar-refractivity contribution in [1.82, 2.24) is 5.32 Å². The van der Waals surface area contributed by atoms with Gasteiger partial charge in [0.15, 0.2) is 5.82 Å². The van der Waals surface area contributed by atoms with Gasteiger partial charge in [0.05, 0.1) is 16.7 Å². The van der Waals surface area contributed by atoms with Crippen molar-refractivity contribution in [3.63, 3.8) is 0 Å². The summed E-state index contributed by atoms with van der Waals surface area (Å²) in [7, 11) is 0. The lowest BCUT2D eigenvalue weighted by molar-refractivity contribution is -0.385. The van der Waals surface area contributed by atoms with Gasteiger partial charge < -0.3 is 10.6 Å². The maximum absolute atomic E-state index is 13.7. The molecule has 1 atom stereocenters. The summed E-state index contributed by atoms with van der Waals surface area (Å²) in [6, 6.07) is 3.93. The third-order valence-corrected chi connectivity index (χ3v) is 3.10. The number of nitro groups is 1. The molecular formula is C12H16FN3O2. The van der Waals surface area contributed by atoms with Crippen LogP contribution in [0.1, 0.15) is 19.3 Å². The summed E-state index contributed by atoms with van der Waals surface area (Å²) < 4.78 is 13.7. The normalized spacial score (nSPS) is 20.2. The van der Waals surface area contributed by atoms with Crippen LogP contribution in [0.25, 0.3) is 0 Å². The van der Waals surface area contributed by atoms with Crippen molar-refractivity contribution in [2.75, 3.05) is 18.4 Å². The Morgan fingerprint density at radius 3 is 2.94 bits per heavy atom. The van der Waals surface area contributed by atoms with E-state index in [0.29, 0.717) is 5.69 Å². The predicted molar refractivity (Wildman–Crippen MR) is 67.2 cm³/mol. The minimum absolute atomic E-state index is 0.218. The van der Waals surface area contributed by atoms with Crippen LogP contribution in [-0.2, 0) is 0 Å². The van der Waals surface area contributed by atoms with Crippen LogP contribution < -0.4 is 10.6 Å². The van der Waals surface area contributed by atoms with Crippen LogP contribution in [0.4, 0.5) is 15.8 Å². The molecule has 0 bridgehead atoms. The number of halogens is 1. The third-order valence-electron chi connectivity index (χ3n) is 3.10. The molecule has 5 nitrogen and oxygen atoms in total. The zero-order valence-corrected chi connectivity index (χ0v) is 9.99. The fourth-order valence-electron chi connectivity index (χ4n) is 2.12. The van der Waals surface area contributed by atoms with E-state index in [1.807, 2.05) is 0 Å². The molecule has 1 heterocycles. The molecule has 0 aromatic heterocycles. The molecule has 0 amide bonds. The molecule has 1 aliphatic heterocycles. The van der Waals surface area contributed by atoms with Crippen molar-refractivity contribution in [1.29, 1.82) is 0 Å². The molecule has 2 N–H and O–H groups in total. The standard InChI is InChI=1S/C12H16FN3O2/c13-11-8-10(16(17)18)3-4-12(11)15-9-2-1-6-14-7-5-9/h3-4,8-9,14-15H,1-2,5-7H2. The average Bonchev–Trinajstić information content (AvgIpc) is 2.60. The van der Waals surface area contributed by atoms with Gasteiger partial charge in [-0.15, -0.1) is 0 Å². The number of nitro benzene ring substituents is 1. The highest BCUT2D eigenvalue weighted by atomic mass is 19.1. The molecule has 1 saturated heterocycles.